The highest BCUT2D eigenvalue weighted by Crippen LogP contribution is 2.46. The van der Waals surface area contributed by atoms with Gasteiger partial charge in [-0.2, -0.15) is 0 Å². The summed E-state index contributed by atoms with van der Waals surface area (Å²) in [5, 5.41) is 11.3. The summed E-state index contributed by atoms with van der Waals surface area (Å²) >= 11 is 0. The summed E-state index contributed by atoms with van der Waals surface area (Å²) in [6.45, 7) is 0. The number of furan rings is 1. The maximum Gasteiger partial charge on any atom is 0.164 e. The Hall–Kier alpha value is -9.19. The molecule has 3 heterocycles. The van der Waals surface area contributed by atoms with Crippen LogP contribution in [0.15, 0.2) is 235 Å². The van der Waals surface area contributed by atoms with E-state index in [2.05, 4.69) is 187 Å². The molecule has 5 heteroatoms. The van der Waals surface area contributed by atoms with Crippen LogP contribution in [0.25, 0.3) is 138 Å². The molecule has 14 aromatic rings. The van der Waals surface area contributed by atoms with Crippen LogP contribution in [0.5, 0.6) is 0 Å². The lowest BCUT2D eigenvalue weighted by atomic mass is 9.91. The highest BCUT2D eigenvalue weighted by Gasteiger charge is 2.25. The molecule has 0 radical (unpaired) electrons. The zero-order valence-corrected chi connectivity index (χ0v) is 36.6. The van der Waals surface area contributed by atoms with Crippen molar-refractivity contribution in [2.24, 2.45) is 0 Å². The molecule has 68 heavy (non-hydrogen) atoms. The molecule has 0 amide bonds. The quantitative estimate of drug-likeness (QED) is 0.167. The van der Waals surface area contributed by atoms with Crippen molar-refractivity contribution in [2.45, 2.75) is 0 Å². The Labute approximate surface area is 390 Å². The first-order valence-electron chi connectivity index (χ1n) is 23.0. The molecule has 0 atom stereocenters. The van der Waals surface area contributed by atoms with Crippen LogP contribution in [0, 0.1) is 0 Å². The van der Waals surface area contributed by atoms with Gasteiger partial charge in [-0.25, -0.2) is 15.0 Å². The summed E-state index contributed by atoms with van der Waals surface area (Å²) in [5.41, 5.74) is 12.1. The van der Waals surface area contributed by atoms with Gasteiger partial charge in [-0.05, 0) is 74.6 Å². The van der Waals surface area contributed by atoms with Crippen molar-refractivity contribution in [3.05, 3.63) is 231 Å². The second-order valence-electron chi connectivity index (χ2n) is 17.5. The summed E-state index contributed by atoms with van der Waals surface area (Å²) in [5.74, 6) is 1.75. The average Bonchev–Trinajstić information content (AvgIpc) is 3.95. The number of para-hydroxylation sites is 1. The zero-order valence-electron chi connectivity index (χ0n) is 36.6. The van der Waals surface area contributed by atoms with Gasteiger partial charge in [-0.3, -0.25) is 0 Å². The second-order valence-corrected chi connectivity index (χ2v) is 17.5. The number of hydrogen-bond donors (Lipinski definition) is 0. The van der Waals surface area contributed by atoms with Crippen LogP contribution in [-0.2, 0) is 0 Å². The van der Waals surface area contributed by atoms with Gasteiger partial charge in [0.2, 0.25) is 0 Å². The van der Waals surface area contributed by atoms with E-state index in [9.17, 15) is 0 Å². The summed E-state index contributed by atoms with van der Waals surface area (Å²) in [6.07, 6.45) is 0. The van der Waals surface area contributed by atoms with Gasteiger partial charge >= 0.3 is 0 Å². The predicted molar refractivity (Wildman–Crippen MR) is 281 cm³/mol. The van der Waals surface area contributed by atoms with E-state index in [1.165, 1.54) is 37.8 Å². The lowest BCUT2D eigenvalue weighted by Gasteiger charge is -2.21. The van der Waals surface area contributed by atoms with Gasteiger partial charge in [0.1, 0.15) is 11.2 Å². The van der Waals surface area contributed by atoms with Crippen molar-refractivity contribution in [2.75, 3.05) is 0 Å². The maximum atomic E-state index is 6.39. The van der Waals surface area contributed by atoms with Crippen LogP contribution in [0.4, 0.5) is 0 Å². The van der Waals surface area contributed by atoms with E-state index in [0.717, 1.165) is 82.9 Å². The average molecular weight is 867 g/mol. The Morgan fingerprint density at radius 2 is 0.897 bits per heavy atom. The first kappa shape index (κ1) is 38.1. The standard InChI is InChI=1S/C63H38N4O/c1-3-17-39(18-4-1)42-24-15-25-45(35-42)52-38-54(63-65-61(41-20-5-2-6-21-41)64-62(66-63)51-30-16-32-57-58(51)50-29-13-14-31-56(50)68-57)47-27-11-12-28-48(47)60(52)67-55-37-44-23-8-7-22-43(44)36-53(55)49-34-33-40-19-9-10-26-46(40)59(49)67/h1-38H. The molecule has 316 valence electrons. The van der Waals surface area contributed by atoms with Crippen molar-refractivity contribution in [3.8, 4) is 62.1 Å². The fraction of sp³-hybridized carbons (Fsp3) is 0. The number of fused-ring (bicyclic) bond motifs is 10. The Morgan fingerprint density at radius 1 is 0.309 bits per heavy atom. The van der Waals surface area contributed by atoms with E-state index in [1.807, 2.05) is 48.5 Å². The van der Waals surface area contributed by atoms with E-state index in [1.54, 1.807) is 0 Å². The molecule has 0 unspecified atom stereocenters. The Bertz CT molecular complexity index is 4320. The molecule has 14 rings (SSSR count). The van der Waals surface area contributed by atoms with Crippen molar-refractivity contribution in [3.63, 3.8) is 0 Å². The first-order valence-corrected chi connectivity index (χ1v) is 23.0. The largest absolute Gasteiger partial charge is 0.456 e. The topological polar surface area (TPSA) is 56.7 Å². The molecule has 3 aromatic heterocycles. The molecule has 0 aliphatic heterocycles. The molecule has 11 aromatic carbocycles. The van der Waals surface area contributed by atoms with Gasteiger partial charge in [-0.1, -0.05) is 194 Å². The van der Waals surface area contributed by atoms with Crippen LogP contribution in [0.3, 0.4) is 0 Å². The zero-order chi connectivity index (χ0) is 44.7. The molecular weight excluding hydrogens is 829 g/mol. The number of aromatic nitrogens is 4. The molecule has 5 nitrogen and oxygen atoms in total. The first-order chi connectivity index (χ1) is 33.7. The van der Waals surface area contributed by atoms with Crippen molar-refractivity contribution in [1.29, 1.82) is 0 Å². The lowest BCUT2D eigenvalue weighted by Crippen LogP contribution is -2.04. The fourth-order valence-corrected chi connectivity index (χ4v) is 10.5. The molecular formula is C63H38N4O. The molecule has 0 aliphatic rings. The Kier molecular flexibility index (Phi) is 8.52. The van der Waals surface area contributed by atoms with E-state index in [4.69, 9.17) is 19.4 Å². The highest BCUT2D eigenvalue weighted by atomic mass is 16.3. The summed E-state index contributed by atoms with van der Waals surface area (Å²) in [4.78, 5) is 16.1. The van der Waals surface area contributed by atoms with Crippen molar-refractivity contribution >= 4 is 76.1 Å². The van der Waals surface area contributed by atoms with Crippen LogP contribution in [0.2, 0.25) is 0 Å². The normalized spacial score (nSPS) is 11.8. The van der Waals surface area contributed by atoms with Gasteiger partial charge in [0.15, 0.2) is 17.5 Å². The number of nitrogens with zero attached hydrogens (tertiary/aromatic N) is 4. The molecule has 0 saturated heterocycles. The van der Waals surface area contributed by atoms with Gasteiger partial charge in [0.05, 0.1) is 16.7 Å². The minimum absolute atomic E-state index is 0.576. The maximum absolute atomic E-state index is 6.39. The van der Waals surface area contributed by atoms with Crippen LogP contribution in [0.1, 0.15) is 0 Å². The molecule has 0 bridgehead atoms. The van der Waals surface area contributed by atoms with Gasteiger partial charge < -0.3 is 8.98 Å². The van der Waals surface area contributed by atoms with E-state index in [-0.39, 0.29) is 0 Å². The van der Waals surface area contributed by atoms with Gasteiger partial charge in [0, 0.05) is 54.6 Å². The van der Waals surface area contributed by atoms with E-state index < -0.39 is 0 Å². The number of benzene rings is 11. The van der Waals surface area contributed by atoms with Gasteiger partial charge in [-0.15, -0.1) is 0 Å². The third-order valence-electron chi connectivity index (χ3n) is 13.6. The van der Waals surface area contributed by atoms with Crippen LogP contribution in [-0.4, -0.2) is 19.5 Å². The second kappa shape index (κ2) is 15.2. The number of rotatable bonds is 6. The molecule has 0 aliphatic carbocycles. The lowest BCUT2D eigenvalue weighted by molar-refractivity contribution is 0.669. The Balaban J connectivity index is 1.13. The van der Waals surface area contributed by atoms with Crippen molar-refractivity contribution < 1.29 is 4.42 Å². The molecule has 0 N–H and O–H groups in total. The summed E-state index contributed by atoms with van der Waals surface area (Å²) in [7, 11) is 0. The Morgan fingerprint density at radius 3 is 1.71 bits per heavy atom. The highest BCUT2D eigenvalue weighted by molar-refractivity contribution is 6.22. The molecule has 0 fully saturated rings. The van der Waals surface area contributed by atoms with E-state index >= 15 is 0 Å². The third kappa shape index (κ3) is 5.99. The third-order valence-corrected chi connectivity index (χ3v) is 13.6. The summed E-state index contributed by atoms with van der Waals surface area (Å²) < 4.78 is 8.93. The van der Waals surface area contributed by atoms with Crippen LogP contribution >= 0.6 is 0 Å². The van der Waals surface area contributed by atoms with Gasteiger partial charge in [0.25, 0.3) is 0 Å². The minimum Gasteiger partial charge on any atom is -0.456 e. The molecule has 0 spiro atoms. The predicted octanol–water partition coefficient (Wildman–Crippen LogP) is 16.7. The number of hydrogen-bond acceptors (Lipinski definition) is 4. The van der Waals surface area contributed by atoms with E-state index in [0.29, 0.717) is 17.5 Å². The fourth-order valence-electron chi connectivity index (χ4n) is 10.5. The van der Waals surface area contributed by atoms with Crippen LogP contribution < -0.4 is 0 Å². The smallest absolute Gasteiger partial charge is 0.164 e. The molecule has 0 saturated carbocycles. The minimum atomic E-state index is 0.576. The monoisotopic (exact) mass is 866 g/mol. The SMILES string of the molecule is c1ccc(-c2cccc(-c3cc(-c4nc(-c5ccccc5)nc(-c5cccc6oc7ccccc7c56)n4)c4ccccc4c3-n3c4cc5ccccc5cc4c4ccc5ccccc5c43)c2)cc1. The summed E-state index contributed by atoms with van der Waals surface area (Å²) in [6, 6.07) is 81.9. The van der Waals surface area contributed by atoms with Crippen molar-refractivity contribution in [1.82, 2.24) is 19.5 Å².